The van der Waals surface area contributed by atoms with Crippen molar-refractivity contribution in [3.05, 3.63) is 29.7 Å². The van der Waals surface area contributed by atoms with Crippen molar-refractivity contribution in [3.63, 3.8) is 0 Å². The topological polar surface area (TPSA) is 51.2 Å². The zero-order valence-corrected chi connectivity index (χ0v) is 9.78. The van der Waals surface area contributed by atoms with Gasteiger partial charge in [0.05, 0.1) is 6.26 Å². The second-order valence-electron chi connectivity index (χ2n) is 4.10. The van der Waals surface area contributed by atoms with E-state index >= 15 is 0 Å². The largest absolute Gasteiger partial charge is 0.461 e. The van der Waals surface area contributed by atoms with E-state index in [2.05, 4.69) is 24.3 Å². The zero-order chi connectivity index (χ0) is 11.5. The molecule has 0 spiro atoms. The Hall–Kier alpha value is -1.55. The van der Waals surface area contributed by atoms with Crippen LogP contribution in [0, 0.1) is 6.92 Å². The van der Waals surface area contributed by atoms with Gasteiger partial charge in [0, 0.05) is 18.2 Å². The van der Waals surface area contributed by atoms with Gasteiger partial charge in [-0.05, 0) is 19.1 Å². The first-order valence-electron chi connectivity index (χ1n) is 5.41. The second-order valence-corrected chi connectivity index (χ2v) is 4.10. The standard InChI is InChI=1S/C12H16N2O2/c1-8(2)13-7-10-9(3)12(16-14-10)11-5-4-6-15-11/h4-6,8,13H,7H2,1-3H3. The first-order chi connectivity index (χ1) is 7.68. The van der Waals surface area contributed by atoms with Crippen LogP contribution < -0.4 is 5.32 Å². The first-order valence-corrected chi connectivity index (χ1v) is 5.41. The van der Waals surface area contributed by atoms with E-state index in [-0.39, 0.29) is 0 Å². The van der Waals surface area contributed by atoms with Gasteiger partial charge in [0.2, 0.25) is 5.76 Å². The molecule has 0 aromatic carbocycles. The summed E-state index contributed by atoms with van der Waals surface area (Å²) in [6.07, 6.45) is 1.63. The Kier molecular flexibility index (Phi) is 3.10. The predicted molar refractivity (Wildman–Crippen MR) is 60.9 cm³/mol. The molecule has 4 nitrogen and oxygen atoms in total. The molecule has 1 N–H and O–H groups in total. The minimum Gasteiger partial charge on any atom is -0.461 e. The highest BCUT2D eigenvalue weighted by molar-refractivity contribution is 5.55. The van der Waals surface area contributed by atoms with Gasteiger partial charge in [-0.15, -0.1) is 0 Å². The minimum absolute atomic E-state index is 0.433. The maximum absolute atomic E-state index is 5.29. The van der Waals surface area contributed by atoms with E-state index in [4.69, 9.17) is 8.94 Å². The van der Waals surface area contributed by atoms with Gasteiger partial charge in [-0.2, -0.15) is 0 Å². The van der Waals surface area contributed by atoms with Crippen molar-refractivity contribution in [2.75, 3.05) is 0 Å². The van der Waals surface area contributed by atoms with Crippen LogP contribution in [0.3, 0.4) is 0 Å². The van der Waals surface area contributed by atoms with Gasteiger partial charge in [-0.3, -0.25) is 0 Å². The molecule has 0 amide bonds. The molecule has 0 unspecified atom stereocenters. The summed E-state index contributed by atoms with van der Waals surface area (Å²) in [4.78, 5) is 0. The normalized spacial score (nSPS) is 11.2. The molecule has 0 aliphatic heterocycles. The third kappa shape index (κ3) is 2.17. The summed E-state index contributed by atoms with van der Waals surface area (Å²) >= 11 is 0. The van der Waals surface area contributed by atoms with Gasteiger partial charge in [-0.25, -0.2) is 0 Å². The Morgan fingerprint density at radius 2 is 2.25 bits per heavy atom. The lowest BCUT2D eigenvalue weighted by Gasteiger charge is -2.05. The third-order valence-electron chi connectivity index (χ3n) is 2.44. The molecule has 4 heteroatoms. The lowest BCUT2D eigenvalue weighted by Crippen LogP contribution is -2.22. The monoisotopic (exact) mass is 220 g/mol. The molecule has 0 bridgehead atoms. The molecule has 0 radical (unpaired) electrons. The van der Waals surface area contributed by atoms with Gasteiger partial charge in [0.1, 0.15) is 5.69 Å². The number of hydrogen-bond donors (Lipinski definition) is 1. The fraction of sp³-hybridized carbons (Fsp3) is 0.417. The van der Waals surface area contributed by atoms with E-state index in [0.717, 1.165) is 17.0 Å². The van der Waals surface area contributed by atoms with Crippen LogP contribution in [0.2, 0.25) is 0 Å². The number of hydrogen-bond acceptors (Lipinski definition) is 4. The number of rotatable bonds is 4. The highest BCUT2D eigenvalue weighted by Crippen LogP contribution is 2.25. The Morgan fingerprint density at radius 3 is 2.88 bits per heavy atom. The van der Waals surface area contributed by atoms with Gasteiger partial charge < -0.3 is 14.3 Å². The van der Waals surface area contributed by atoms with Crippen molar-refractivity contribution in [1.82, 2.24) is 10.5 Å². The van der Waals surface area contributed by atoms with Crippen LogP contribution in [0.25, 0.3) is 11.5 Å². The molecular formula is C12H16N2O2. The van der Waals surface area contributed by atoms with Gasteiger partial charge in [-0.1, -0.05) is 19.0 Å². The van der Waals surface area contributed by atoms with Crippen LogP contribution in [-0.4, -0.2) is 11.2 Å². The first kappa shape index (κ1) is 11.0. The molecule has 2 heterocycles. The molecular weight excluding hydrogens is 204 g/mol. The van der Waals surface area contributed by atoms with Crippen LogP contribution in [0.1, 0.15) is 25.1 Å². The van der Waals surface area contributed by atoms with Crippen LogP contribution in [0.5, 0.6) is 0 Å². The highest BCUT2D eigenvalue weighted by Gasteiger charge is 2.15. The van der Waals surface area contributed by atoms with Crippen LogP contribution in [0.15, 0.2) is 27.3 Å². The fourth-order valence-corrected chi connectivity index (χ4v) is 1.47. The Balaban J connectivity index is 2.18. The van der Waals surface area contributed by atoms with Crippen molar-refractivity contribution in [2.24, 2.45) is 0 Å². The van der Waals surface area contributed by atoms with Crippen LogP contribution >= 0.6 is 0 Å². The third-order valence-corrected chi connectivity index (χ3v) is 2.44. The summed E-state index contributed by atoms with van der Waals surface area (Å²) in [5.74, 6) is 1.44. The maximum Gasteiger partial charge on any atom is 0.205 e. The zero-order valence-electron chi connectivity index (χ0n) is 9.78. The minimum atomic E-state index is 0.433. The Morgan fingerprint density at radius 1 is 1.44 bits per heavy atom. The van der Waals surface area contributed by atoms with E-state index in [0.29, 0.717) is 18.3 Å². The van der Waals surface area contributed by atoms with Crippen LogP contribution in [0.4, 0.5) is 0 Å². The summed E-state index contributed by atoms with van der Waals surface area (Å²) in [6, 6.07) is 4.14. The quantitative estimate of drug-likeness (QED) is 0.860. The summed E-state index contributed by atoms with van der Waals surface area (Å²) in [6.45, 7) is 6.91. The van der Waals surface area contributed by atoms with Gasteiger partial charge in [0.15, 0.2) is 5.76 Å². The summed E-state index contributed by atoms with van der Waals surface area (Å²) < 4.78 is 10.6. The number of furan rings is 1. The molecule has 2 aromatic heterocycles. The molecule has 0 aliphatic rings. The highest BCUT2D eigenvalue weighted by atomic mass is 16.5. The number of nitrogens with zero attached hydrogens (tertiary/aromatic N) is 1. The van der Waals surface area contributed by atoms with Crippen molar-refractivity contribution in [3.8, 4) is 11.5 Å². The SMILES string of the molecule is Cc1c(CNC(C)C)noc1-c1ccco1. The van der Waals surface area contributed by atoms with Crippen molar-refractivity contribution < 1.29 is 8.94 Å². The summed E-state index contributed by atoms with van der Waals surface area (Å²) in [5.41, 5.74) is 1.96. The summed E-state index contributed by atoms with van der Waals surface area (Å²) in [5, 5.41) is 7.35. The molecule has 0 saturated carbocycles. The molecule has 0 saturated heterocycles. The number of nitrogens with one attached hydrogen (secondary N) is 1. The van der Waals surface area contributed by atoms with Crippen molar-refractivity contribution >= 4 is 0 Å². The molecule has 0 fully saturated rings. The molecule has 86 valence electrons. The van der Waals surface area contributed by atoms with Crippen LogP contribution in [-0.2, 0) is 6.54 Å². The molecule has 2 aromatic rings. The predicted octanol–water partition coefficient (Wildman–Crippen LogP) is 2.74. The Labute approximate surface area is 94.6 Å². The van der Waals surface area contributed by atoms with E-state index in [1.54, 1.807) is 6.26 Å². The molecule has 16 heavy (non-hydrogen) atoms. The molecule has 2 rings (SSSR count). The van der Waals surface area contributed by atoms with E-state index < -0.39 is 0 Å². The van der Waals surface area contributed by atoms with E-state index in [9.17, 15) is 0 Å². The van der Waals surface area contributed by atoms with Crippen molar-refractivity contribution in [2.45, 2.75) is 33.4 Å². The molecule has 0 aliphatic carbocycles. The van der Waals surface area contributed by atoms with E-state index in [1.165, 1.54) is 0 Å². The average Bonchev–Trinajstić information content (AvgIpc) is 2.84. The van der Waals surface area contributed by atoms with Crippen molar-refractivity contribution in [1.29, 1.82) is 0 Å². The average molecular weight is 220 g/mol. The fourth-order valence-electron chi connectivity index (χ4n) is 1.47. The lowest BCUT2D eigenvalue weighted by atomic mass is 10.2. The Bertz CT molecular complexity index is 444. The van der Waals surface area contributed by atoms with Gasteiger partial charge >= 0.3 is 0 Å². The second kappa shape index (κ2) is 4.53. The van der Waals surface area contributed by atoms with E-state index in [1.807, 2.05) is 19.1 Å². The summed E-state index contributed by atoms with van der Waals surface area (Å²) in [7, 11) is 0. The maximum atomic E-state index is 5.29. The smallest absolute Gasteiger partial charge is 0.205 e. The van der Waals surface area contributed by atoms with Gasteiger partial charge in [0.25, 0.3) is 0 Å². The lowest BCUT2D eigenvalue weighted by molar-refractivity contribution is 0.406. The molecule has 0 atom stereocenters. The number of aromatic nitrogens is 1.